The van der Waals surface area contributed by atoms with Crippen LogP contribution in [-0.4, -0.2) is 44.1 Å². The third kappa shape index (κ3) is 6.14. The molecule has 0 bridgehead atoms. The van der Waals surface area contributed by atoms with E-state index in [4.69, 9.17) is 37.9 Å². The Kier molecular flexibility index (Phi) is 7.90. The fraction of sp³-hybridized carbons (Fsp3) is 0.200. The molecular weight excluding hydrogens is 544 g/mol. The van der Waals surface area contributed by atoms with Gasteiger partial charge in [0, 0.05) is 24.2 Å². The van der Waals surface area contributed by atoms with Gasteiger partial charge < -0.3 is 14.8 Å². The minimum Gasteiger partial charge on any atom is -0.491 e. The zero-order chi connectivity index (χ0) is 26.6. The summed E-state index contributed by atoms with van der Waals surface area (Å²) < 4.78 is 52.4. The van der Waals surface area contributed by atoms with Crippen molar-refractivity contribution in [2.45, 2.75) is 17.0 Å². The lowest BCUT2D eigenvalue weighted by atomic mass is 9.93. The predicted molar refractivity (Wildman–Crippen MR) is 134 cm³/mol. The van der Waals surface area contributed by atoms with Crippen molar-refractivity contribution < 1.29 is 27.1 Å². The Hall–Kier alpha value is -3.36. The number of nitrogens with one attached hydrogen (secondary N) is 1. The summed E-state index contributed by atoms with van der Waals surface area (Å²) in [6, 6.07) is 18.5. The molecule has 1 aliphatic heterocycles. The standard InChI is InChI=1S/C25H20Cl2FN3O5S/c26-19-7-9-23(21(27)10-19)37(33,34)31-14-25(15-31,16-36-20-8-6-18(12-29)22(28)11-20)30-24(32)35-13-17-4-2-1-3-5-17/h1-11H,13-16H2,(H,30,32). The second kappa shape index (κ2) is 10.9. The van der Waals surface area contributed by atoms with Gasteiger partial charge in [0.25, 0.3) is 0 Å². The summed E-state index contributed by atoms with van der Waals surface area (Å²) in [5.41, 5.74) is -0.555. The normalized spacial score (nSPS) is 14.8. The van der Waals surface area contributed by atoms with Crippen LogP contribution in [0.3, 0.4) is 0 Å². The average molecular weight is 564 g/mol. The van der Waals surface area contributed by atoms with Gasteiger partial charge in [0.15, 0.2) is 0 Å². The van der Waals surface area contributed by atoms with Crippen LogP contribution in [0.4, 0.5) is 9.18 Å². The van der Waals surface area contributed by atoms with Crippen molar-refractivity contribution in [1.29, 1.82) is 5.26 Å². The molecule has 1 N–H and O–H groups in total. The lowest BCUT2D eigenvalue weighted by Gasteiger charge is -2.48. The third-order valence-corrected chi connectivity index (χ3v) is 8.14. The van der Waals surface area contributed by atoms with E-state index in [1.54, 1.807) is 30.3 Å². The first-order valence-electron chi connectivity index (χ1n) is 10.9. The van der Waals surface area contributed by atoms with Gasteiger partial charge in [0.1, 0.15) is 41.3 Å². The molecule has 0 unspecified atom stereocenters. The highest BCUT2D eigenvalue weighted by Gasteiger charge is 2.51. The molecule has 1 heterocycles. The van der Waals surface area contributed by atoms with E-state index in [1.165, 1.54) is 30.3 Å². The molecule has 1 saturated heterocycles. The lowest BCUT2D eigenvalue weighted by molar-refractivity contribution is 0.0499. The summed E-state index contributed by atoms with van der Waals surface area (Å²) in [6.45, 7) is -0.507. The second-order valence-corrected chi connectivity index (χ2v) is 11.1. The summed E-state index contributed by atoms with van der Waals surface area (Å²) >= 11 is 12.0. The van der Waals surface area contributed by atoms with Crippen molar-refractivity contribution >= 4 is 39.3 Å². The van der Waals surface area contributed by atoms with Crippen LogP contribution in [0.25, 0.3) is 0 Å². The Morgan fingerprint density at radius 2 is 1.84 bits per heavy atom. The van der Waals surface area contributed by atoms with E-state index in [1.807, 2.05) is 6.07 Å². The van der Waals surface area contributed by atoms with Crippen molar-refractivity contribution in [3.8, 4) is 11.8 Å². The van der Waals surface area contributed by atoms with Gasteiger partial charge in [-0.2, -0.15) is 9.57 Å². The number of rotatable bonds is 8. The zero-order valence-corrected chi connectivity index (χ0v) is 21.5. The van der Waals surface area contributed by atoms with Crippen LogP contribution in [0.2, 0.25) is 10.0 Å². The highest BCUT2D eigenvalue weighted by Crippen LogP contribution is 2.33. The van der Waals surface area contributed by atoms with Gasteiger partial charge in [-0.1, -0.05) is 53.5 Å². The number of halogens is 3. The molecule has 1 amide bonds. The Labute approximate surface area is 223 Å². The highest BCUT2D eigenvalue weighted by molar-refractivity contribution is 7.89. The SMILES string of the molecule is N#Cc1ccc(OCC2(NC(=O)OCc3ccccc3)CN(S(=O)(=O)c3ccc(Cl)cc3Cl)C2)cc1F. The van der Waals surface area contributed by atoms with Gasteiger partial charge in [-0.25, -0.2) is 17.6 Å². The van der Waals surface area contributed by atoms with Gasteiger partial charge in [0.05, 0.1) is 10.6 Å². The third-order valence-electron chi connectivity index (χ3n) is 5.63. The van der Waals surface area contributed by atoms with Crippen LogP contribution < -0.4 is 10.1 Å². The van der Waals surface area contributed by atoms with Crippen molar-refractivity contribution in [3.05, 3.63) is 93.7 Å². The minimum absolute atomic E-state index is 0.00678. The van der Waals surface area contributed by atoms with Crippen LogP contribution in [0.5, 0.6) is 5.75 Å². The Morgan fingerprint density at radius 1 is 1.11 bits per heavy atom. The summed E-state index contributed by atoms with van der Waals surface area (Å²) in [6.07, 6.45) is -0.778. The van der Waals surface area contributed by atoms with Gasteiger partial charge in [-0.15, -0.1) is 0 Å². The molecule has 0 aromatic heterocycles. The summed E-state index contributed by atoms with van der Waals surface area (Å²) in [5.74, 6) is -0.656. The van der Waals surface area contributed by atoms with Crippen molar-refractivity contribution in [2.75, 3.05) is 19.7 Å². The van der Waals surface area contributed by atoms with Crippen molar-refractivity contribution in [1.82, 2.24) is 9.62 Å². The molecule has 0 radical (unpaired) electrons. The van der Waals surface area contributed by atoms with Crippen molar-refractivity contribution in [3.63, 3.8) is 0 Å². The van der Waals surface area contributed by atoms with E-state index in [0.717, 1.165) is 15.9 Å². The molecule has 0 saturated carbocycles. The van der Waals surface area contributed by atoms with Gasteiger partial charge >= 0.3 is 6.09 Å². The Bertz CT molecular complexity index is 1460. The quantitative estimate of drug-likeness (QED) is 0.423. The monoisotopic (exact) mass is 563 g/mol. The first-order valence-corrected chi connectivity index (χ1v) is 13.1. The van der Waals surface area contributed by atoms with E-state index in [9.17, 15) is 17.6 Å². The second-order valence-electron chi connectivity index (χ2n) is 8.36. The lowest BCUT2D eigenvalue weighted by Crippen LogP contribution is -2.73. The van der Waals surface area contributed by atoms with Crippen LogP contribution >= 0.6 is 23.2 Å². The number of hydrogen-bond acceptors (Lipinski definition) is 6. The molecule has 3 aromatic rings. The molecule has 0 spiro atoms. The molecule has 3 aromatic carbocycles. The first-order chi connectivity index (χ1) is 17.6. The number of ether oxygens (including phenoxy) is 2. The van der Waals surface area contributed by atoms with E-state index in [2.05, 4.69) is 5.32 Å². The molecule has 37 heavy (non-hydrogen) atoms. The number of sulfonamides is 1. The summed E-state index contributed by atoms with van der Waals surface area (Å²) in [4.78, 5) is 12.5. The topological polar surface area (TPSA) is 109 Å². The molecule has 192 valence electrons. The van der Waals surface area contributed by atoms with E-state index in [0.29, 0.717) is 0 Å². The van der Waals surface area contributed by atoms with E-state index < -0.39 is 27.5 Å². The number of hydrogen-bond donors (Lipinski definition) is 1. The van der Waals surface area contributed by atoms with E-state index in [-0.39, 0.29) is 52.6 Å². The minimum atomic E-state index is -4.01. The number of nitrogens with zero attached hydrogens (tertiary/aromatic N) is 2. The molecule has 12 heteroatoms. The maximum atomic E-state index is 14.0. The number of alkyl carbamates (subject to hydrolysis) is 1. The van der Waals surface area contributed by atoms with Crippen LogP contribution in [0, 0.1) is 17.1 Å². The van der Waals surface area contributed by atoms with Crippen LogP contribution in [-0.2, 0) is 21.4 Å². The van der Waals surface area contributed by atoms with E-state index >= 15 is 0 Å². The number of carbonyl (C=O) groups is 1. The number of nitriles is 1. The molecule has 8 nitrogen and oxygen atoms in total. The Balaban J connectivity index is 1.50. The van der Waals surface area contributed by atoms with Crippen LogP contribution in [0.15, 0.2) is 71.6 Å². The maximum Gasteiger partial charge on any atom is 0.408 e. The van der Waals surface area contributed by atoms with Crippen molar-refractivity contribution in [2.24, 2.45) is 0 Å². The first kappa shape index (κ1) is 26.7. The smallest absolute Gasteiger partial charge is 0.408 e. The maximum absolute atomic E-state index is 14.0. The van der Waals surface area contributed by atoms with Gasteiger partial charge in [-0.3, -0.25) is 0 Å². The molecule has 1 fully saturated rings. The molecule has 1 aliphatic rings. The van der Waals surface area contributed by atoms with Gasteiger partial charge in [0.2, 0.25) is 10.0 Å². The molecule has 0 aliphatic carbocycles. The fourth-order valence-electron chi connectivity index (χ4n) is 3.70. The fourth-order valence-corrected chi connectivity index (χ4v) is 6.06. The average Bonchev–Trinajstić information content (AvgIpc) is 2.84. The van der Waals surface area contributed by atoms with Gasteiger partial charge in [-0.05, 0) is 35.9 Å². The summed E-state index contributed by atoms with van der Waals surface area (Å²) in [5, 5.41) is 11.9. The predicted octanol–water partition coefficient (Wildman–Crippen LogP) is 4.75. The summed E-state index contributed by atoms with van der Waals surface area (Å²) in [7, 11) is -4.01. The zero-order valence-electron chi connectivity index (χ0n) is 19.2. The Morgan fingerprint density at radius 3 is 2.49 bits per heavy atom. The number of carbonyl (C=O) groups excluding carboxylic acids is 1. The largest absolute Gasteiger partial charge is 0.491 e. The molecule has 4 rings (SSSR count). The molecule has 0 atom stereocenters. The number of amides is 1. The number of benzene rings is 3. The highest BCUT2D eigenvalue weighted by atomic mass is 35.5. The molecular formula is C25H20Cl2FN3O5S. The van der Waals surface area contributed by atoms with Crippen LogP contribution in [0.1, 0.15) is 11.1 Å².